The number of nitrogen functional groups attached to an aromatic ring is 1. The number of nitrogens with one attached hydrogen (secondary N) is 1. The number of thioether (sulfide) groups is 1. The standard InChI is InChI=1S/C14H22N2OS/c1-17-10-7-8-12(11(15)9-10)16-13-5-3-4-6-14(13)18-2/h7-9,13-14,16H,3-6,15H2,1-2H3. The molecule has 1 saturated carbocycles. The fourth-order valence-electron chi connectivity index (χ4n) is 2.54. The van der Waals surface area contributed by atoms with Gasteiger partial charge < -0.3 is 15.8 Å². The van der Waals surface area contributed by atoms with Crippen molar-refractivity contribution >= 4 is 23.1 Å². The van der Waals surface area contributed by atoms with E-state index in [1.54, 1.807) is 7.11 Å². The number of methoxy groups -OCH3 is 1. The molecule has 3 N–H and O–H groups in total. The van der Waals surface area contributed by atoms with E-state index >= 15 is 0 Å². The van der Waals surface area contributed by atoms with Gasteiger partial charge in [-0.2, -0.15) is 11.8 Å². The summed E-state index contributed by atoms with van der Waals surface area (Å²) in [7, 11) is 1.66. The second kappa shape index (κ2) is 6.23. The third kappa shape index (κ3) is 3.05. The Morgan fingerprint density at radius 3 is 2.78 bits per heavy atom. The Morgan fingerprint density at radius 1 is 1.33 bits per heavy atom. The van der Waals surface area contributed by atoms with Crippen molar-refractivity contribution in [3.05, 3.63) is 18.2 Å². The number of hydrogen-bond acceptors (Lipinski definition) is 4. The first kappa shape index (κ1) is 13.4. The maximum atomic E-state index is 6.05. The molecule has 0 heterocycles. The molecule has 2 atom stereocenters. The third-order valence-electron chi connectivity index (χ3n) is 3.60. The van der Waals surface area contributed by atoms with Gasteiger partial charge >= 0.3 is 0 Å². The second-order valence-corrected chi connectivity index (χ2v) is 5.84. The first-order valence-electron chi connectivity index (χ1n) is 6.47. The quantitative estimate of drug-likeness (QED) is 0.820. The van der Waals surface area contributed by atoms with Crippen molar-refractivity contribution in [2.75, 3.05) is 24.4 Å². The van der Waals surface area contributed by atoms with Crippen LogP contribution in [0.5, 0.6) is 5.75 Å². The van der Waals surface area contributed by atoms with Crippen LogP contribution in [0.25, 0.3) is 0 Å². The zero-order valence-corrected chi connectivity index (χ0v) is 11.9. The molecule has 0 aromatic heterocycles. The molecule has 0 spiro atoms. The molecule has 1 aromatic rings. The van der Waals surface area contributed by atoms with Gasteiger partial charge in [0.05, 0.1) is 18.5 Å². The molecule has 1 fully saturated rings. The smallest absolute Gasteiger partial charge is 0.121 e. The highest BCUT2D eigenvalue weighted by atomic mass is 32.2. The molecule has 0 aliphatic heterocycles. The van der Waals surface area contributed by atoms with Crippen molar-refractivity contribution < 1.29 is 4.74 Å². The van der Waals surface area contributed by atoms with Gasteiger partial charge in [-0.3, -0.25) is 0 Å². The third-order valence-corrected chi connectivity index (χ3v) is 4.77. The molecular formula is C14H22N2OS. The predicted octanol–water partition coefficient (Wildman–Crippen LogP) is 3.36. The Balaban J connectivity index is 2.07. The van der Waals surface area contributed by atoms with Crippen molar-refractivity contribution in [3.63, 3.8) is 0 Å². The van der Waals surface area contributed by atoms with Crippen LogP contribution in [0.3, 0.4) is 0 Å². The van der Waals surface area contributed by atoms with E-state index in [1.807, 2.05) is 30.0 Å². The van der Waals surface area contributed by atoms with Crippen molar-refractivity contribution in [1.29, 1.82) is 0 Å². The lowest BCUT2D eigenvalue weighted by atomic mass is 9.94. The summed E-state index contributed by atoms with van der Waals surface area (Å²) in [5.74, 6) is 0.808. The summed E-state index contributed by atoms with van der Waals surface area (Å²) < 4.78 is 5.17. The maximum Gasteiger partial charge on any atom is 0.121 e. The molecule has 3 nitrogen and oxygen atoms in total. The molecule has 2 rings (SSSR count). The summed E-state index contributed by atoms with van der Waals surface area (Å²) in [6.07, 6.45) is 7.39. The van der Waals surface area contributed by atoms with Gasteiger partial charge in [0.25, 0.3) is 0 Å². The zero-order chi connectivity index (χ0) is 13.0. The molecule has 100 valence electrons. The molecular weight excluding hydrogens is 244 g/mol. The molecule has 18 heavy (non-hydrogen) atoms. The van der Waals surface area contributed by atoms with E-state index < -0.39 is 0 Å². The van der Waals surface area contributed by atoms with Crippen LogP contribution in [-0.2, 0) is 0 Å². The van der Waals surface area contributed by atoms with Crippen LogP contribution in [0.4, 0.5) is 11.4 Å². The highest BCUT2D eigenvalue weighted by molar-refractivity contribution is 7.99. The van der Waals surface area contributed by atoms with E-state index in [1.165, 1.54) is 25.7 Å². The maximum absolute atomic E-state index is 6.05. The Kier molecular flexibility index (Phi) is 4.64. The topological polar surface area (TPSA) is 47.3 Å². The SMILES string of the molecule is COc1ccc(NC2CCCCC2SC)c(N)c1. The fraction of sp³-hybridized carbons (Fsp3) is 0.571. The van der Waals surface area contributed by atoms with Crippen LogP contribution in [0.15, 0.2) is 18.2 Å². The van der Waals surface area contributed by atoms with Gasteiger partial charge in [-0.15, -0.1) is 0 Å². The van der Waals surface area contributed by atoms with Crippen LogP contribution in [0, 0.1) is 0 Å². The minimum Gasteiger partial charge on any atom is -0.497 e. The first-order chi connectivity index (χ1) is 8.74. The summed E-state index contributed by atoms with van der Waals surface area (Å²) in [6.45, 7) is 0. The van der Waals surface area contributed by atoms with E-state index in [4.69, 9.17) is 10.5 Å². The van der Waals surface area contributed by atoms with Gasteiger partial charge in [-0.1, -0.05) is 12.8 Å². The molecule has 1 aliphatic carbocycles. The van der Waals surface area contributed by atoms with Gasteiger partial charge in [-0.25, -0.2) is 0 Å². The van der Waals surface area contributed by atoms with Gasteiger partial charge in [0.15, 0.2) is 0 Å². The van der Waals surface area contributed by atoms with Crippen molar-refractivity contribution in [1.82, 2.24) is 0 Å². The summed E-state index contributed by atoms with van der Waals surface area (Å²) in [6, 6.07) is 6.37. The van der Waals surface area contributed by atoms with Crippen LogP contribution in [-0.4, -0.2) is 24.7 Å². The molecule has 1 aromatic carbocycles. The van der Waals surface area contributed by atoms with Gasteiger partial charge in [0.2, 0.25) is 0 Å². The lowest BCUT2D eigenvalue weighted by Crippen LogP contribution is -2.34. The number of benzene rings is 1. The van der Waals surface area contributed by atoms with E-state index in [-0.39, 0.29) is 0 Å². The monoisotopic (exact) mass is 266 g/mol. The Bertz CT molecular complexity index is 397. The van der Waals surface area contributed by atoms with Crippen molar-refractivity contribution in [2.45, 2.75) is 37.0 Å². The molecule has 2 unspecified atom stereocenters. The van der Waals surface area contributed by atoms with E-state index in [9.17, 15) is 0 Å². The van der Waals surface area contributed by atoms with E-state index in [0.717, 1.165) is 17.1 Å². The fourth-order valence-corrected chi connectivity index (χ4v) is 3.48. The minimum absolute atomic E-state index is 0.532. The summed E-state index contributed by atoms with van der Waals surface area (Å²) in [5.41, 5.74) is 7.84. The van der Waals surface area contributed by atoms with E-state index in [0.29, 0.717) is 11.3 Å². The number of ether oxygens (including phenoxy) is 1. The van der Waals surface area contributed by atoms with Crippen LogP contribution in [0.1, 0.15) is 25.7 Å². The van der Waals surface area contributed by atoms with Gasteiger partial charge in [-0.05, 0) is 31.2 Å². The average Bonchev–Trinajstić information content (AvgIpc) is 2.41. The first-order valence-corrected chi connectivity index (χ1v) is 7.76. The van der Waals surface area contributed by atoms with Crippen molar-refractivity contribution in [2.24, 2.45) is 0 Å². The Hall–Kier alpha value is -1.03. The highest BCUT2D eigenvalue weighted by Gasteiger charge is 2.24. The zero-order valence-electron chi connectivity index (χ0n) is 11.1. The normalized spacial score (nSPS) is 23.7. The van der Waals surface area contributed by atoms with Crippen molar-refractivity contribution in [3.8, 4) is 5.75 Å². The molecule has 0 radical (unpaired) electrons. The average molecular weight is 266 g/mol. The number of nitrogens with two attached hydrogens (primary N) is 1. The highest BCUT2D eigenvalue weighted by Crippen LogP contribution is 2.32. The number of rotatable bonds is 4. The lowest BCUT2D eigenvalue weighted by Gasteiger charge is -2.32. The molecule has 0 amide bonds. The molecule has 0 bridgehead atoms. The Labute approximate surface area is 113 Å². The number of anilines is 2. The largest absolute Gasteiger partial charge is 0.497 e. The Morgan fingerprint density at radius 2 is 2.11 bits per heavy atom. The number of hydrogen-bond donors (Lipinski definition) is 2. The van der Waals surface area contributed by atoms with Gasteiger partial charge in [0.1, 0.15) is 5.75 Å². The van der Waals surface area contributed by atoms with Crippen LogP contribution < -0.4 is 15.8 Å². The summed E-state index contributed by atoms with van der Waals surface area (Å²) in [5, 5.41) is 4.29. The minimum atomic E-state index is 0.532. The van der Waals surface area contributed by atoms with Crippen LogP contribution >= 0.6 is 11.8 Å². The molecule has 4 heteroatoms. The second-order valence-electron chi connectivity index (χ2n) is 4.76. The van der Waals surface area contributed by atoms with Gasteiger partial charge in [0, 0.05) is 17.4 Å². The van der Waals surface area contributed by atoms with Crippen LogP contribution in [0.2, 0.25) is 0 Å². The molecule has 0 saturated heterocycles. The lowest BCUT2D eigenvalue weighted by molar-refractivity contribution is 0.415. The van der Waals surface area contributed by atoms with E-state index in [2.05, 4.69) is 11.6 Å². The summed E-state index contributed by atoms with van der Waals surface area (Å²) >= 11 is 1.96. The molecule has 1 aliphatic rings. The predicted molar refractivity (Wildman–Crippen MR) is 80.6 cm³/mol. The summed E-state index contributed by atoms with van der Waals surface area (Å²) in [4.78, 5) is 0.